The van der Waals surface area contributed by atoms with Gasteiger partial charge in [-0.2, -0.15) is 86.4 Å². The quantitative estimate of drug-likeness (QED) is 0.0322. The number of ether oxygens (including phenoxy) is 2. The lowest BCUT2D eigenvalue weighted by Crippen LogP contribution is -2.74. The van der Waals surface area contributed by atoms with Gasteiger partial charge in [-0.15, -0.1) is 0 Å². The molecule has 3 nitrogen and oxygen atoms in total. The Balaban J connectivity index is 2.56. The molecule has 0 aliphatic rings. The van der Waals surface area contributed by atoms with Gasteiger partial charge in [-0.3, -0.25) is 4.79 Å². The molecule has 0 aliphatic carbocycles. The molecule has 1 aromatic rings. The highest BCUT2D eigenvalue weighted by Gasteiger charge is 2.95. The summed E-state index contributed by atoms with van der Waals surface area (Å²) in [5.74, 6) is -57.9. The van der Waals surface area contributed by atoms with Crippen LogP contribution in [0, 0.1) is 0 Å². The van der Waals surface area contributed by atoms with Crippen molar-refractivity contribution >= 4 is 17.7 Å². The second kappa shape index (κ2) is 23.2. The number of methoxy groups -OCH3 is 1. The number of thioether (sulfide) groups is 1. The second-order valence-corrected chi connectivity index (χ2v) is 15.5. The molecule has 346 valence electrons. The predicted molar refractivity (Wildman–Crippen MR) is 189 cm³/mol. The SMILES string of the molecule is CCCCCCCCCCCCCCCCCC(=O)Oc1ccc(CCCSCCC(F)(F)C(F)(F)C(F)(F)C(F)(F)C(F)(F)C(F)(F)C(F)(F)C(F)(F)F)cc1OC. The van der Waals surface area contributed by atoms with E-state index < -0.39 is 65.8 Å². The highest BCUT2D eigenvalue weighted by Crippen LogP contribution is 2.64. The largest absolute Gasteiger partial charge is 0.493 e. The third kappa shape index (κ3) is 14.1. The van der Waals surface area contributed by atoms with Crippen molar-refractivity contribution < 1.29 is 88.9 Å². The average Bonchev–Trinajstić information content (AvgIpc) is 3.14. The Kier molecular flexibility index (Phi) is 21.5. The zero-order chi connectivity index (χ0) is 45.4. The van der Waals surface area contributed by atoms with Crippen molar-refractivity contribution in [2.75, 3.05) is 18.6 Å². The summed E-state index contributed by atoms with van der Waals surface area (Å²) in [6.45, 7) is 2.20. The number of aryl methyl sites for hydroxylation is 1. The van der Waals surface area contributed by atoms with E-state index in [0.717, 1.165) is 25.7 Å². The molecular weight excluding hydrogens is 859 g/mol. The zero-order valence-corrected chi connectivity index (χ0v) is 33.5. The summed E-state index contributed by atoms with van der Waals surface area (Å²) < 4.78 is 239. The van der Waals surface area contributed by atoms with Crippen LogP contribution in [0.1, 0.15) is 128 Å². The first-order valence-corrected chi connectivity index (χ1v) is 20.4. The summed E-state index contributed by atoms with van der Waals surface area (Å²) in [6.07, 6.45) is 7.48. The first-order valence-electron chi connectivity index (χ1n) is 19.3. The molecule has 0 aromatic heterocycles. The molecule has 0 unspecified atom stereocenters. The number of esters is 1. The Bertz CT molecular complexity index is 1390. The summed E-state index contributed by atoms with van der Waals surface area (Å²) in [5, 5.41) is 0. The number of unbranched alkanes of at least 4 members (excludes halogenated alkanes) is 14. The van der Waals surface area contributed by atoms with Gasteiger partial charge in [0.2, 0.25) is 0 Å². The number of rotatable bonds is 31. The van der Waals surface area contributed by atoms with Gasteiger partial charge in [-0.25, -0.2) is 0 Å². The predicted octanol–water partition coefficient (Wildman–Crippen LogP) is 14.9. The van der Waals surface area contributed by atoms with E-state index in [0.29, 0.717) is 23.7 Å². The van der Waals surface area contributed by atoms with Crippen LogP contribution in [0.2, 0.25) is 0 Å². The molecule has 0 spiro atoms. The van der Waals surface area contributed by atoms with E-state index in [1.807, 2.05) is 0 Å². The first kappa shape index (κ1) is 54.7. The molecule has 0 radical (unpaired) electrons. The Labute approximate surface area is 336 Å². The summed E-state index contributed by atoms with van der Waals surface area (Å²) in [7, 11) is 1.28. The van der Waals surface area contributed by atoms with Gasteiger partial charge in [0.25, 0.3) is 0 Å². The second-order valence-electron chi connectivity index (χ2n) is 14.3. The Hall–Kier alpha value is -2.35. The van der Waals surface area contributed by atoms with Crippen molar-refractivity contribution in [3.63, 3.8) is 0 Å². The minimum absolute atomic E-state index is 0.0665. The van der Waals surface area contributed by atoms with Crippen LogP contribution in [0.25, 0.3) is 0 Å². The molecule has 0 heterocycles. The van der Waals surface area contributed by atoms with Crippen LogP contribution in [0.3, 0.4) is 0 Å². The molecule has 0 atom stereocenters. The highest BCUT2D eigenvalue weighted by atomic mass is 32.2. The molecule has 0 N–H and O–H groups in total. The van der Waals surface area contributed by atoms with Crippen LogP contribution in [0.4, 0.5) is 74.6 Å². The minimum Gasteiger partial charge on any atom is -0.493 e. The number of halogens is 17. The lowest BCUT2D eigenvalue weighted by molar-refractivity contribution is -0.461. The van der Waals surface area contributed by atoms with Crippen molar-refractivity contribution in [2.45, 2.75) is 177 Å². The van der Waals surface area contributed by atoms with Gasteiger partial charge in [-0.05, 0) is 48.5 Å². The number of hydrogen-bond acceptors (Lipinski definition) is 4. The van der Waals surface area contributed by atoms with Gasteiger partial charge >= 0.3 is 53.6 Å². The third-order valence-electron chi connectivity index (χ3n) is 9.54. The fourth-order valence-corrected chi connectivity index (χ4v) is 6.75. The van der Waals surface area contributed by atoms with E-state index >= 15 is 0 Å². The van der Waals surface area contributed by atoms with Crippen LogP contribution in [0.5, 0.6) is 11.5 Å². The summed E-state index contributed by atoms with van der Waals surface area (Å²) in [5.41, 5.74) is 0.525. The van der Waals surface area contributed by atoms with Crippen LogP contribution in [0.15, 0.2) is 18.2 Å². The fraction of sp³-hybridized carbons (Fsp3) is 0.816. The molecule has 0 saturated carbocycles. The van der Waals surface area contributed by atoms with E-state index in [9.17, 15) is 79.4 Å². The standard InChI is InChI=1S/C38H51F17O3S/c1-3-4-5-6-7-8-9-10-11-12-13-14-15-16-17-20-30(56)58-28-22-21-27(26-29(28)57-2)19-18-24-59-25-23-31(39,40)32(41,42)33(43,44)34(45,46)35(47,48)36(49,50)37(51,52)38(53,54)55/h21-22,26H,3-20,23-25H2,1-2H3. The lowest BCUT2D eigenvalue weighted by atomic mass is 9.88. The van der Waals surface area contributed by atoms with Gasteiger partial charge in [0.1, 0.15) is 0 Å². The Morgan fingerprint density at radius 3 is 1.39 bits per heavy atom. The van der Waals surface area contributed by atoms with E-state index in [2.05, 4.69) is 6.92 Å². The number of carbonyl (C=O) groups is 1. The number of benzene rings is 1. The zero-order valence-electron chi connectivity index (χ0n) is 32.6. The molecule has 0 fully saturated rings. The molecule has 0 saturated heterocycles. The average molecular weight is 911 g/mol. The van der Waals surface area contributed by atoms with Crippen LogP contribution in [-0.2, 0) is 11.2 Å². The van der Waals surface area contributed by atoms with Crippen molar-refractivity contribution in [3.05, 3.63) is 23.8 Å². The Morgan fingerprint density at radius 2 is 0.949 bits per heavy atom. The van der Waals surface area contributed by atoms with Gasteiger partial charge in [-0.1, -0.05) is 103 Å². The molecule has 0 bridgehead atoms. The van der Waals surface area contributed by atoms with Crippen LogP contribution in [-0.4, -0.2) is 72.2 Å². The third-order valence-corrected chi connectivity index (χ3v) is 10.6. The molecule has 59 heavy (non-hydrogen) atoms. The van der Waals surface area contributed by atoms with E-state index in [1.165, 1.54) is 89.5 Å². The topological polar surface area (TPSA) is 35.5 Å². The lowest BCUT2D eigenvalue weighted by Gasteiger charge is -2.42. The molecular formula is C38H51F17O3S. The van der Waals surface area contributed by atoms with Crippen molar-refractivity contribution in [1.82, 2.24) is 0 Å². The first-order chi connectivity index (χ1) is 27.1. The minimum atomic E-state index is -8.63. The number of alkyl halides is 17. The highest BCUT2D eigenvalue weighted by molar-refractivity contribution is 7.99. The maximum absolute atomic E-state index is 14.1. The Morgan fingerprint density at radius 1 is 0.525 bits per heavy atom. The molecule has 21 heteroatoms. The van der Waals surface area contributed by atoms with Gasteiger partial charge in [0.15, 0.2) is 11.5 Å². The molecule has 0 amide bonds. The number of carbonyl (C=O) groups excluding carboxylic acids is 1. The summed E-state index contributed by atoms with van der Waals surface area (Å²) in [6, 6.07) is 4.37. The van der Waals surface area contributed by atoms with E-state index in [4.69, 9.17) is 9.47 Å². The van der Waals surface area contributed by atoms with Crippen molar-refractivity contribution in [1.29, 1.82) is 0 Å². The molecule has 0 aliphatic heterocycles. The normalized spacial score (nSPS) is 13.9. The molecule has 1 rings (SSSR count). The maximum Gasteiger partial charge on any atom is 0.460 e. The molecule has 1 aromatic carbocycles. The van der Waals surface area contributed by atoms with Gasteiger partial charge < -0.3 is 9.47 Å². The van der Waals surface area contributed by atoms with Gasteiger partial charge in [0, 0.05) is 12.8 Å². The fourth-order valence-electron chi connectivity index (χ4n) is 5.80. The van der Waals surface area contributed by atoms with Crippen LogP contribution < -0.4 is 9.47 Å². The van der Waals surface area contributed by atoms with Crippen molar-refractivity contribution in [2.24, 2.45) is 0 Å². The van der Waals surface area contributed by atoms with Gasteiger partial charge in [0.05, 0.1) is 7.11 Å². The summed E-state index contributed by atoms with van der Waals surface area (Å²) >= 11 is 0.353. The van der Waals surface area contributed by atoms with E-state index in [1.54, 1.807) is 0 Å². The number of hydrogen-bond donors (Lipinski definition) is 0. The monoisotopic (exact) mass is 910 g/mol. The van der Waals surface area contributed by atoms with Crippen LogP contribution >= 0.6 is 11.8 Å². The van der Waals surface area contributed by atoms with E-state index in [-0.39, 0.29) is 36.5 Å². The summed E-state index contributed by atoms with van der Waals surface area (Å²) in [4.78, 5) is 12.4. The maximum atomic E-state index is 14.1. The smallest absolute Gasteiger partial charge is 0.460 e. The van der Waals surface area contributed by atoms with Crippen molar-refractivity contribution in [3.8, 4) is 11.5 Å².